The molecule has 1 aliphatic rings. The van der Waals surface area contributed by atoms with Crippen molar-refractivity contribution in [3.8, 4) is 11.3 Å². The molecule has 6 nitrogen and oxygen atoms in total. The van der Waals surface area contributed by atoms with E-state index in [-0.39, 0.29) is 17.9 Å². The summed E-state index contributed by atoms with van der Waals surface area (Å²) in [6.07, 6.45) is 2.23. The zero-order valence-corrected chi connectivity index (χ0v) is 21.2. The Morgan fingerprint density at radius 2 is 1.68 bits per heavy atom. The maximum atomic E-state index is 14.2. The lowest BCUT2D eigenvalue weighted by molar-refractivity contribution is -0.141. The van der Waals surface area contributed by atoms with E-state index in [0.717, 1.165) is 34.9 Å². The van der Waals surface area contributed by atoms with Crippen LogP contribution in [0.3, 0.4) is 0 Å². The van der Waals surface area contributed by atoms with Crippen molar-refractivity contribution in [2.75, 3.05) is 18.6 Å². The first-order valence-corrected chi connectivity index (χ1v) is 12.8. The van der Waals surface area contributed by atoms with Gasteiger partial charge in [0, 0.05) is 17.5 Å². The number of hydrogen-bond donors (Lipinski definition) is 1. The maximum Gasteiger partial charge on any atom is 0.328 e. The zero-order chi connectivity index (χ0) is 25.8. The third-order valence-corrected chi connectivity index (χ3v) is 7.07. The summed E-state index contributed by atoms with van der Waals surface area (Å²) in [6, 6.07) is 26.9. The number of amides is 1. The van der Waals surface area contributed by atoms with Gasteiger partial charge in [-0.2, -0.15) is 0 Å². The molecule has 1 aliphatic heterocycles. The number of fused-ring (bicyclic) bond motifs is 1. The minimum Gasteiger partial charge on any atom is -0.467 e. The van der Waals surface area contributed by atoms with Gasteiger partial charge < -0.3 is 15.0 Å². The highest BCUT2D eigenvalue weighted by atomic mass is 16.5. The molecule has 0 bridgehead atoms. The Bertz CT molecular complexity index is 1410. The number of ether oxygens (including phenoxy) is 1. The van der Waals surface area contributed by atoms with E-state index in [1.807, 2.05) is 89.8 Å². The second kappa shape index (κ2) is 10.8. The van der Waals surface area contributed by atoms with E-state index in [4.69, 9.17) is 9.72 Å². The number of benzene rings is 3. The SMILES string of the molecule is CCC(NC(=O)c1c(N2CCC[C@H]2C(=O)OC)c(-c2ccccc2)nc2ccccc12)c1ccccc1. The molecular weight excluding hydrogens is 462 g/mol. The van der Waals surface area contributed by atoms with Crippen LogP contribution in [0.5, 0.6) is 0 Å². The number of methoxy groups -OCH3 is 1. The van der Waals surface area contributed by atoms with Crippen molar-refractivity contribution in [3.63, 3.8) is 0 Å². The highest BCUT2D eigenvalue weighted by Gasteiger charge is 2.37. The molecule has 6 heteroatoms. The van der Waals surface area contributed by atoms with Crippen LogP contribution >= 0.6 is 0 Å². The standard InChI is InChI=1S/C31H31N3O3/c1-3-24(21-13-6-4-7-14-21)33-30(35)27-23-17-10-11-18-25(23)32-28(22-15-8-5-9-16-22)29(27)34-20-12-19-26(34)31(36)37-2/h4-11,13-18,24,26H,3,12,19-20H2,1-2H3,(H,33,35)/t24?,26-/m0/s1. The van der Waals surface area contributed by atoms with Crippen LogP contribution in [0, 0.1) is 0 Å². The Morgan fingerprint density at radius 3 is 2.38 bits per heavy atom. The third-order valence-electron chi connectivity index (χ3n) is 7.07. The molecule has 0 spiro atoms. The van der Waals surface area contributed by atoms with Gasteiger partial charge in [0.15, 0.2) is 0 Å². The lowest BCUT2D eigenvalue weighted by Crippen LogP contribution is -2.39. The van der Waals surface area contributed by atoms with Crippen molar-refractivity contribution in [1.82, 2.24) is 10.3 Å². The molecule has 1 N–H and O–H groups in total. The number of nitrogens with one attached hydrogen (secondary N) is 1. The van der Waals surface area contributed by atoms with Crippen molar-refractivity contribution < 1.29 is 14.3 Å². The number of carbonyl (C=O) groups excluding carboxylic acids is 2. The van der Waals surface area contributed by atoms with Crippen LogP contribution < -0.4 is 10.2 Å². The largest absolute Gasteiger partial charge is 0.467 e. The average Bonchev–Trinajstić information content (AvgIpc) is 3.45. The summed E-state index contributed by atoms with van der Waals surface area (Å²) in [5.41, 5.74) is 4.58. The molecule has 0 radical (unpaired) electrons. The van der Waals surface area contributed by atoms with Crippen LogP contribution in [0.25, 0.3) is 22.2 Å². The molecule has 4 aromatic rings. The topological polar surface area (TPSA) is 71.5 Å². The van der Waals surface area contributed by atoms with Crippen molar-refractivity contribution in [2.24, 2.45) is 0 Å². The summed E-state index contributed by atoms with van der Waals surface area (Å²) in [5.74, 6) is -0.483. The fourth-order valence-electron chi connectivity index (χ4n) is 5.26. The summed E-state index contributed by atoms with van der Waals surface area (Å²) in [5, 5.41) is 4.04. The molecule has 0 saturated carbocycles. The van der Waals surface area contributed by atoms with Gasteiger partial charge in [-0.15, -0.1) is 0 Å². The second-order valence-corrected chi connectivity index (χ2v) is 9.29. The van der Waals surface area contributed by atoms with Crippen molar-refractivity contribution in [3.05, 3.63) is 96.1 Å². The quantitative estimate of drug-likeness (QED) is 0.323. The lowest BCUT2D eigenvalue weighted by atomic mass is 9.97. The Kier molecular flexibility index (Phi) is 7.17. The summed E-state index contributed by atoms with van der Waals surface area (Å²) in [6.45, 7) is 2.70. The van der Waals surface area contributed by atoms with Gasteiger partial charge in [0.25, 0.3) is 5.91 Å². The van der Waals surface area contributed by atoms with E-state index in [0.29, 0.717) is 29.9 Å². The minimum absolute atomic E-state index is 0.149. The molecule has 1 saturated heterocycles. The fourth-order valence-corrected chi connectivity index (χ4v) is 5.26. The number of nitrogens with zero attached hydrogens (tertiary/aromatic N) is 2. The van der Waals surface area contributed by atoms with Gasteiger partial charge in [0.1, 0.15) is 6.04 Å². The van der Waals surface area contributed by atoms with Crippen molar-refractivity contribution in [2.45, 2.75) is 38.3 Å². The normalized spacial score (nSPS) is 15.9. The van der Waals surface area contributed by atoms with Gasteiger partial charge in [-0.3, -0.25) is 4.79 Å². The molecule has 2 heterocycles. The highest BCUT2D eigenvalue weighted by molar-refractivity contribution is 6.14. The molecule has 1 fully saturated rings. The highest BCUT2D eigenvalue weighted by Crippen LogP contribution is 2.40. The number of esters is 1. The van der Waals surface area contributed by atoms with Gasteiger partial charge in [-0.25, -0.2) is 9.78 Å². The van der Waals surface area contributed by atoms with Gasteiger partial charge in [-0.1, -0.05) is 85.8 Å². The smallest absolute Gasteiger partial charge is 0.328 e. The number of hydrogen-bond acceptors (Lipinski definition) is 5. The minimum atomic E-state index is -0.474. The van der Waals surface area contributed by atoms with Crippen molar-refractivity contribution >= 4 is 28.5 Å². The molecule has 3 aromatic carbocycles. The first-order valence-electron chi connectivity index (χ1n) is 12.8. The first-order chi connectivity index (χ1) is 18.1. The number of anilines is 1. The summed E-state index contributed by atoms with van der Waals surface area (Å²) >= 11 is 0. The summed E-state index contributed by atoms with van der Waals surface area (Å²) < 4.78 is 5.16. The number of rotatable bonds is 7. The first kappa shape index (κ1) is 24.5. The van der Waals surface area contributed by atoms with Gasteiger partial charge in [-0.05, 0) is 30.9 Å². The van der Waals surface area contributed by atoms with E-state index in [1.54, 1.807) is 0 Å². The van der Waals surface area contributed by atoms with Gasteiger partial charge in [0.2, 0.25) is 0 Å². The van der Waals surface area contributed by atoms with Crippen molar-refractivity contribution in [1.29, 1.82) is 0 Å². The van der Waals surface area contributed by atoms with Crippen LogP contribution in [0.1, 0.15) is 48.1 Å². The number of pyridine rings is 1. The Balaban J connectivity index is 1.73. The van der Waals surface area contributed by atoms with Crippen LogP contribution in [0.15, 0.2) is 84.9 Å². The van der Waals surface area contributed by atoms with Gasteiger partial charge >= 0.3 is 5.97 Å². The summed E-state index contributed by atoms with van der Waals surface area (Å²) in [4.78, 5) is 34.1. The van der Waals surface area contributed by atoms with Gasteiger partial charge in [0.05, 0.1) is 35.6 Å². The van der Waals surface area contributed by atoms with E-state index in [2.05, 4.69) is 12.2 Å². The molecule has 1 unspecified atom stereocenters. The second-order valence-electron chi connectivity index (χ2n) is 9.29. The van der Waals surface area contributed by atoms with E-state index >= 15 is 0 Å². The fraction of sp³-hybridized carbons (Fsp3) is 0.258. The molecule has 0 aliphatic carbocycles. The lowest BCUT2D eigenvalue weighted by Gasteiger charge is -2.30. The molecule has 37 heavy (non-hydrogen) atoms. The molecule has 1 aromatic heterocycles. The van der Waals surface area contributed by atoms with E-state index < -0.39 is 6.04 Å². The molecule has 2 atom stereocenters. The molecular formula is C31H31N3O3. The van der Waals surface area contributed by atoms with Crippen LogP contribution in [-0.4, -0.2) is 36.6 Å². The predicted molar refractivity (Wildman–Crippen MR) is 147 cm³/mol. The van der Waals surface area contributed by atoms with Crippen LogP contribution in [0.2, 0.25) is 0 Å². The van der Waals surface area contributed by atoms with Crippen LogP contribution in [-0.2, 0) is 9.53 Å². The number of para-hydroxylation sites is 1. The Morgan fingerprint density at radius 1 is 1.00 bits per heavy atom. The maximum absolute atomic E-state index is 14.2. The molecule has 188 valence electrons. The third kappa shape index (κ3) is 4.79. The van der Waals surface area contributed by atoms with Crippen LogP contribution in [0.4, 0.5) is 5.69 Å². The molecule has 5 rings (SSSR count). The number of aromatic nitrogens is 1. The Labute approximate surface area is 217 Å². The summed E-state index contributed by atoms with van der Waals surface area (Å²) in [7, 11) is 1.41. The van der Waals surface area contributed by atoms with E-state index in [9.17, 15) is 9.59 Å². The number of carbonyl (C=O) groups is 2. The average molecular weight is 494 g/mol. The zero-order valence-electron chi connectivity index (χ0n) is 21.2. The van der Waals surface area contributed by atoms with E-state index in [1.165, 1.54) is 7.11 Å². The molecule has 1 amide bonds. The predicted octanol–water partition coefficient (Wildman–Crippen LogP) is 5.92. The Hall–Kier alpha value is -4.19. The monoisotopic (exact) mass is 493 g/mol.